The number of anilines is 2. The highest BCUT2D eigenvalue weighted by Crippen LogP contribution is 2.21. The summed E-state index contributed by atoms with van der Waals surface area (Å²) < 4.78 is 13.1. The molecule has 0 fully saturated rings. The number of halogens is 1. The van der Waals surface area contributed by atoms with E-state index in [0.29, 0.717) is 17.1 Å². The van der Waals surface area contributed by atoms with Crippen molar-refractivity contribution in [1.82, 2.24) is 4.98 Å². The minimum Gasteiger partial charge on any atom is -0.329 e. The minimum atomic E-state index is -0.289. The second-order valence-corrected chi connectivity index (χ2v) is 3.56. The van der Waals surface area contributed by atoms with Crippen molar-refractivity contribution >= 4 is 11.5 Å². The maximum atomic E-state index is 13.1. The molecular weight excluding hydrogens is 217 g/mol. The molecule has 0 saturated heterocycles. The lowest BCUT2D eigenvalue weighted by Crippen LogP contribution is -2.11. The fourth-order valence-corrected chi connectivity index (χ4v) is 1.47. The molecule has 0 radical (unpaired) electrons. The molecule has 1 aromatic carbocycles. The number of benzene rings is 1. The van der Waals surface area contributed by atoms with Crippen LogP contribution in [0.2, 0.25) is 0 Å². The zero-order valence-corrected chi connectivity index (χ0v) is 9.26. The van der Waals surface area contributed by atoms with Crippen molar-refractivity contribution in [2.45, 2.75) is 0 Å². The largest absolute Gasteiger partial charge is 0.329 e. The van der Waals surface area contributed by atoms with Gasteiger partial charge in [-0.05, 0) is 30.3 Å². The van der Waals surface area contributed by atoms with Gasteiger partial charge in [-0.3, -0.25) is 0 Å². The quantitative estimate of drug-likeness (QED) is 0.792. The maximum absolute atomic E-state index is 13.1. The Bertz CT molecular complexity index is 558. The number of hydrogen-bond donors (Lipinski definition) is 0. The summed E-state index contributed by atoms with van der Waals surface area (Å²) in [5, 5.41) is 8.67. The van der Waals surface area contributed by atoms with Gasteiger partial charge in [0.2, 0.25) is 0 Å². The van der Waals surface area contributed by atoms with Crippen LogP contribution in [0.1, 0.15) is 5.56 Å². The van der Waals surface area contributed by atoms with E-state index < -0.39 is 0 Å². The molecule has 0 N–H and O–H groups in total. The van der Waals surface area contributed by atoms with Crippen LogP contribution in [0.4, 0.5) is 15.9 Å². The molecule has 0 unspecified atom stereocenters. The van der Waals surface area contributed by atoms with E-state index in [9.17, 15) is 4.39 Å². The van der Waals surface area contributed by atoms with Gasteiger partial charge in [-0.1, -0.05) is 6.07 Å². The minimum absolute atomic E-state index is 0.289. The van der Waals surface area contributed by atoms with E-state index in [1.54, 1.807) is 36.2 Å². The Morgan fingerprint density at radius 2 is 2.12 bits per heavy atom. The molecule has 0 aliphatic rings. The zero-order valence-electron chi connectivity index (χ0n) is 9.26. The molecule has 2 aromatic rings. The monoisotopic (exact) mass is 227 g/mol. The van der Waals surface area contributed by atoms with Gasteiger partial charge in [-0.2, -0.15) is 5.26 Å². The summed E-state index contributed by atoms with van der Waals surface area (Å²) in [5.41, 5.74) is 1.21. The van der Waals surface area contributed by atoms with E-state index >= 15 is 0 Å². The zero-order chi connectivity index (χ0) is 12.3. The summed E-state index contributed by atoms with van der Waals surface area (Å²) in [5.74, 6) is 0.373. The highest BCUT2D eigenvalue weighted by molar-refractivity contribution is 5.59. The molecule has 1 aromatic heterocycles. The molecular formula is C13H10FN3. The van der Waals surface area contributed by atoms with E-state index in [-0.39, 0.29) is 5.82 Å². The van der Waals surface area contributed by atoms with Gasteiger partial charge in [0.1, 0.15) is 17.7 Å². The van der Waals surface area contributed by atoms with Crippen LogP contribution in [0.3, 0.4) is 0 Å². The van der Waals surface area contributed by atoms with E-state index in [4.69, 9.17) is 5.26 Å². The van der Waals surface area contributed by atoms with Gasteiger partial charge in [-0.15, -0.1) is 0 Å². The molecule has 0 aliphatic carbocycles. The summed E-state index contributed by atoms with van der Waals surface area (Å²) in [6, 6.07) is 11.7. The molecule has 0 saturated carbocycles. The predicted molar refractivity (Wildman–Crippen MR) is 63.4 cm³/mol. The lowest BCUT2D eigenvalue weighted by Gasteiger charge is -2.18. The van der Waals surface area contributed by atoms with Crippen LogP contribution in [-0.2, 0) is 0 Å². The Kier molecular flexibility index (Phi) is 3.01. The summed E-state index contributed by atoms with van der Waals surface area (Å²) in [4.78, 5) is 5.89. The van der Waals surface area contributed by atoms with Crippen LogP contribution in [-0.4, -0.2) is 12.0 Å². The molecule has 3 nitrogen and oxygen atoms in total. The third-order valence-corrected chi connectivity index (χ3v) is 2.42. The van der Waals surface area contributed by atoms with Crippen LogP contribution in [0.15, 0.2) is 42.6 Å². The standard InChI is InChI=1S/C13H10FN3/c1-17(12-4-2-3-11(14)7-12)13-6-5-10(8-15)9-16-13/h2-7,9H,1H3. The molecule has 4 heteroatoms. The fourth-order valence-electron chi connectivity index (χ4n) is 1.47. The molecule has 0 aliphatic heterocycles. The smallest absolute Gasteiger partial charge is 0.132 e. The number of rotatable bonds is 2. The second kappa shape index (κ2) is 4.62. The van der Waals surface area contributed by atoms with Crippen LogP contribution >= 0.6 is 0 Å². The van der Waals surface area contributed by atoms with Crippen LogP contribution in [0.25, 0.3) is 0 Å². The summed E-state index contributed by atoms with van der Waals surface area (Å²) in [6.45, 7) is 0. The van der Waals surface area contributed by atoms with Crippen molar-refractivity contribution in [3.63, 3.8) is 0 Å². The molecule has 2 rings (SSSR count). The van der Waals surface area contributed by atoms with E-state index in [2.05, 4.69) is 4.98 Å². The van der Waals surface area contributed by atoms with Gasteiger partial charge >= 0.3 is 0 Å². The Hall–Kier alpha value is -2.41. The Balaban J connectivity index is 2.30. The number of hydrogen-bond acceptors (Lipinski definition) is 3. The van der Waals surface area contributed by atoms with Crippen molar-refractivity contribution < 1.29 is 4.39 Å². The van der Waals surface area contributed by atoms with Crippen molar-refractivity contribution in [2.24, 2.45) is 0 Å². The first-order valence-corrected chi connectivity index (χ1v) is 5.06. The lowest BCUT2D eigenvalue weighted by atomic mass is 10.2. The first kappa shape index (κ1) is 11.1. The van der Waals surface area contributed by atoms with Gasteiger partial charge < -0.3 is 4.90 Å². The number of aromatic nitrogens is 1. The van der Waals surface area contributed by atoms with Gasteiger partial charge in [0.05, 0.1) is 5.56 Å². The lowest BCUT2D eigenvalue weighted by molar-refractivity contribution is 0.628. The molecule has 17 heavy (non-hydrogen) atoms. The van der Waals surface area contributed by atoms with Gasteiger partial charge in [-0.25, -0.2) is 9.37 Å². The van der Waals surface area contributed by atoms with E-state index in [1.807, 2.05) is 6.07 Å². The predicted octanol–water partition coefficient (Wildman–Crippen LogP) is 2.86. The van der Waals surface area contributed by atoms with Gasteiger partial charge in [0.25, 0.3) is 0 Å². The van der Waals surface area contributed by atoms with E-state index in [0.717, 1.165) is 0 Å². The molecule has 0 bridgehead atoms. The molecule has 0 atom stereocenters. The fraction of sp³-hybridized carbons (Fsp3) is 0.0769. The number of nitriles is 1. The molecule has 0 amide bonds. The van der Waals surface area contributed by atoms with Crippen molar-refractivity contribution in [1.29, 1.82) is 5.26 Å². The Labute approximate surface area is 98.8 Å². The highest BCUT2D eigenvalue weighted by atomic mass is 19.1. The summed E-state index contributed by atoms with van der Waals surface area (Å²) in [7, 11) is 1.79. The van der Waals surface area contributed by atoms with Crippen molar-refractivity contribution in [3.05, 3.63) is 54.0 Å². The van der Waals surface area contributed by atoms with Gasteiger partial charge in [0, 0.05) is 18.9 Å². The summed E-state index contributed by atoms with van der Waals surface area (Å²) in [6.07, 6.45) is 1.49. The van der Waals surface area contributed by atoms with E-state index in [1.165, 1.54) is 18.3 Å². The second-order valence-electron chi connectivity index (χ2n) is 3.56. The van der Waals surface area contributed by atoms with Crippen LogP contribution in [0.5, 0.6) is 0 Å². The third kappa shape index (κ3) is 2.40. The highest BCUT2D eigenvalue weighted by Gasteiger charge is 2.05. The number of nitrogens with zero attached hydrogens (tertiary/aromatic N) is 3. The normalized spacial score (nSPS) is 9.71. The van der Waals surface area contributed by atoms with Crippen LogP contribution in [0, 0.1) is 17.1 Å². The molecule has 1 heterocycles. The van der Waals surface area contributed by atoms with Crippen molar-refractivity contribution in [2.75, 3.05) is 11.9 Å². The molecule has 0 spiro atoms. The SMILES string of the molecule is CN(c1cccc(F)c1)c1ccc(C#N)cn1. The van der Waals surface area contributed by atoms with Crippen LogP contribution < -0.4 is 4.90 Å². The van der Waals surface area contributed by atoms with Gasteiger partial charge in [0.15, 0.2) is 0 Å². The number of pyridine rings is 1. The molecule has 84 valence electrons. The average molecular weight is 227 g/mol. The summed E-state index contributed by atoms with van der Waals surface area (Å²) >= 11 is 0. The van der Waals surface area contributed by atoms with Crippen molar-refractivity contribution in [3.8, 4) is 6.07 Å². The first-order chi connectivity index (χ1) is 8.20. The topological polar surface area (TPSA) is 39.9 Å². The Morgan fingerprint density at radius 1 is 1.29 bits per heavy atom. The average Bonchev–Trinajstić information content (AvgIpc) is 2.38. The maximum Gasteiger partial charge on any atom is 0.132 e. The third-order valence-electron chi connectivity index (χ3n) is 2.42. The Morgan fingerprint density at radius 3 is 2.71 bits per heavy atom. The first-order valence-electron chi connectivity index (χ1n) is 5.06.